The average molecular weight is 288 g/mol. The van der Waals surface area contributed by atoms with E-state index in [1.807, 2.05) is 6.07 Å². The van der Waals surface area contributed by atoms with Gasteiger partial charge in [-0.25, -0.2) is 4.79 Å². The van der Waals surface area contributed by atoms with Crippen LogP contribution in [0.15, 0.2) is 36.0 Å². The van der Waals surface area contributed by atoms with E-state index in [4.69, 9.17) is 5.11 Å². The van der Waals surface area contributed by atoms with Crippen molar-refractivity contribution in [1.29, 1.82) is 0 Å². The summed E-state index contributed by atoms with van der Waals surface area (Å²) in [7, 11) is 0. The van der Waals surface area contributed by atoms with Crippen molar-refractivity contribution in [1.82, 2.24) is 4.98 Å². The van der Waals surface area contributed by atoms with Gasteiger partial charge < -0.3 is 10.4 Å². The van der Waals surface area contributed by atoms with E-state index in [1.54, 1.807) is 36.8 Å². The molecule has 0 saturated heterocycles. The van der Waals surface area contributed by atoms with Crippen LogP contribution in [0.4, 0.5) is 5.69 Å². The number of nitrogens with one attached hydrogen (secondary N) is 1. The number of thiophene rings is 1. The van der Waals surface area contributed by atoms with E-state index in [0.29, 0.717) is 5.69 Å². The number of carboxylic acids is 1. The van der Waals surface area contributed by atoms with Crippen molar-refractivity contribution in [3.63, 3.8) is 0 Å². The smallest absolute Gasteiger partial charge is 0.348 e. The Morgan fingerprint density at radius 3 is 2.90 bits per heavy atom. The number of carbonyl (C=O) groups excluding carboxylic acids is 1. The molecule has 2 aromatic heterocycles. The highest BCUT2D eigenvalue weighted by molar-refractivity contribution is 7.12. The van der Waals surface area contributed by atoms with Gasteiger partial charge in [0.1, 0.15) is 4.88 Å². The highest BCUT2D eigenvalue weighted by Gasteiger charge is 2.16. The van der Waals surface area contributed by atoms with Gasteiger partial charge in [-0.05, 0) is 35.6 Å². The molecule has 5 nitrogen and oxygen atoms in total. The summed E-state index contributed by atoms with van der Waals surface area (Å²) in [5.41, 5.74) is 1.88. The van der Waals surface area contributed by atoms with E-state index in [2.05, 4.69) is 10.3 Å². The molecular formula is C14H12N2O3S. The number of aromatic carboxylic acids is 1. The van der Waals surface area contributed by atoms with Crippen molar-refractivity contribution in [2.24, 2.45) is 0 Å². The Hall–Kier alpha value is -2.47. The minimum absolute atomic E-state index is 0.130. The summed E-state index contributed by atoms with van der Waals surface area (Å²) < 4.78 is 0. The molecule has 0 bridgehead atoms. The molecule has 0 aliphatic carbocycles. The molecule has 2 rings (SSSR count). The van der Waals surface area contributed by atoms with E-state index in [1.165, 1.54) is 6.08 Å². The second kappa shape index (κ2) is 6.12. The van der Waals surface area contributed by atoms with Crippen LogP contribution >= 0.6 is 11.3 Å². The fourth-order valence-electron chi connectivity index (χ4n) is 1.57. The van der Waals surface area contributed by atoms with Gasteiger partial charge in [0.15, 0.2) is 0 Å². The van der Waals surface area contributed by atoms with E-state index in [0.717, 1.165) is 22.5 Å². The van der Waals surface area contributed by atoms with Crippen LogP contribution in [0.3, 0.4) is 0 Å². The van der Waals surface area contributed by atoms with Gasteiger partial charge in [-0.2, -0.15) is 0 Å². The molecule has 0 fully saturated rings. The van der Waals surface area contributed by atoms with E-state index < -0.39 is 5.97 Å². The van der Waals surface area contributed by atoms with Gasteiger partial charge in [0.25, 0.3) is 0 Å². The standard InChI is InChI=1S/C14H12N2O3S/c1-9-8-20-13(14(18)19)12(9)16-11(17)5-4-10-3-2-6-15-7-10/h2-8H,1H3,(H,16,17)(H,18,19)/b5-4+. The lowest BCUT2D eigenvalue weighted by Crippen LogP contribution is -2.11. The van der Waals surface area contributed by atoms with Crippen molar-refractivity contribution in [2.75, 3.05) is 5.32 Å². The minimum atomic E-state index is -1.05. The molecule has 102 valence electrons. The SMILES string of the molecule is Cc1csc(C(=O)O)c1NC(=O)/C=C/c1cccnc1. The van der Waals surface area contributed by atoms with Crippen molar-refractivity contribution in [2.45, 2.75) is 6.92 Å². The number of aryl methyl sites for hydroxylation is 1. The Morgan fingerprint density at radius 1 is 1.45 bits per heavy atom. The summed E-state index contributed by atoms with van der Waals surface area (Å²) in [6, 6.07) is 3.58. The molecule has 0 aliphatic rings. The van der Waals surface area contributed by atoms with Crippen molar-refractivity contribution in [3.8, 4) is 0 Å². The maximum atomic E-state index is 11.8. The third-order valence-electron chi connectivity index (χ3n) is 2.53. The van der Waals surface area contributed by atoms with Gasteiger partial charge in [-0.15, -0.1) is 11.3 Å². The lowest BCUT2D eigenvalue weighted by atomic mass is 10.2. The monoisotopic (exact) mass is 288 g/mol. The summed E-state index contributed by atoms with van der Waals surface area (Å²) in [6.07, 6.45) is 6.23. The lowest BCUT2D eigenvalue weighted by Gasteiger charge is -2.03. The fourth-order valence-corrected chi connectivity index (χ4v) is 2.41. The summed E-state index contributed by atoms with van der Waals surface area (Å²) in [5.74, 6) is -1.42. The fraction of sp³-hybridized carbons (Fsp3) is 0.0714. The molecule has 20 heavy (non-hydrogen) atoms. The van der Waals surface area contributed by atoms with Crippen LogP contribution in [0.1, 0.15) is 20.8 Å². The van der Waals surface area contributed by atoms with Crippen LogP contribution < -0.4 is 5.32 Å². The van der Waals surface area contributed by atoms with E-state index in [-0.39, 0.29) is 10.8 Å². The van der Waals surface area contributed by atoms with E-state index in [9.17, 15) is 9.59 Å². The largest absolute Gasteiger partial charge is 0.477 e. The number of amides is 1. The van der Waals surface area contributed by atoms with Crippen molar-refractivity contribution in [3.05, 3.63) is 52.0 Å². The molecule has 0 unspecified atom stereocenters. The third kappa shape index (κ3) is 3.30. The highest BCUT2D eigenvalue weighted by atomic mass is 32.1. The number of rotatable bonds is 4. The minimum Gasteiger partial charge on any atom is -0.477 e. The van der Waals surface area contributed by atoms with Gasteiger partial charge in [-0.1, -0.05) is 6.07 Å². The first-order valence-corrected chi connectivity index (χ1v) is 6.66. The first-order valence-electron chi connectivity index (χ1n) is 5.78. The van der Waals surface area contributed by atoms with E-state index >= 15 is 0 Å². The second-order valence-corrected chi connectivity index (χ2v) is 4.92. The van der Waals surface area contributed by atoms with Gasteiger partial charge in [0, 0.05) is 18.5 Å². The Balaban J connectivity index is 2.11. The number of hydrogen-bond donors (Lipinski definition) is 2. The van der Waals surface area contributed by atoms with Crippen LogP contribution in [0.25, 0.3) is 6.08 Å². The average Bonchev–Trinajstić information content (AvgIpc) is 2.79. The predicted octanol–water partition coefficient (Wildman–Crippen LogP) is 2.80. The maximum Gasteiger partial charge on any atom is 0.348 e. The molecule has 0 atom stereocenters. The predicted molar refractivity (Wildman–Crippen MR) is 77.9 cm³/mol. The first kappa shape index (κ1) is 14.0. The normalized spacial score (nSPS) is 10.7. The van der Waals surface area contributed by atoms with Crippen LogP contribution in [0.5, 0.6) is 0 Å². The van der Waals surface area contributed by atoms with Crippen LogP contribution in [0, 0.1) is 6.92 Å². The zero-order valence-electron chi connectivity index (χ0n) is 10.7. The quantitative estimate of drug-likeness (QED) is 0.848. The van der Waals surface area contributed by atoms with Gasteiger partial charge in [-0.3, -0.25) is 9.78 Å². The summed E-state index contributed by atoms with van der Waals surface area (Å²) in [5, 5.41) is 13.3. The second-order valence-electron chi connectivity index (χ2n) is 4.04. The number of aromatic nitrogens is 1. The van der Waals surface area contributed by atoms with Crippen LogP contribution in [-0.4, -0.2) is 22.0 Å². The lowest BCUT2D eigenvalue weighted by molar-refractivity contribution is -0.111. The summed E-state index contributed by atoms with van der Waals surface area (Å²) in [6.45, 7) is 1.75. The Bertz CT molecular complexity index is 662. The van der Waals surface area contributed by atoms with Gasteiger partial charge in [0.05, 0.1) is 5.69 Å². The zero-order chi connectivity index (χ0) is 14.5. The number of anilines is 1. The number of carbonyl (C=O) groups is 2. The summed E-state index contributed by atoms with van der Waals surface area (Å²) >= 11 is 1.09. The molecule has 1 amide bonds. The topological polar surface area (TPSA) is 79.3 Å². The third-order valence-corrected chi connectivity index (χ3v) is 3.61. The number of pyridine rings is 1. The van der Waals surface area contributed by atoms with Crippen molar-refractivity contribution < 1.29 is 14.7 Å². The molecule has 0 radical (unpaired) electrons. The Labute approximate surface area is 119 Å². The molecule has 2 heterocycles. The molecule has 0 aliphatic heterocycles. The van der Waals surface area contributed by atoms with Gasteiger partial charge in [0.2, 0.25) is 5.91 Å². The van der Waals surface area contributed by atoms with Crippen LogP contribution in [-0.2, 0) is 4.79 Å². The Kier molecular flexibility index (Phi) is 4.27. The molecule has 2 N–H and O–H groups in total. The number of nitrogens with zero attached hydrogens (tertiary/aromatic N) is 1. The van der Waals surface area contributed by atoms with Crippen molar-refractivity contribution >= 4 is 35.0 Å². The molecule has 0 aromatic carbocycles. The summed E-state index contributed by atoms with van der Waals surface area (Å²) in [4.78, 5) is 26.9. The molecule has 0 saturated carbocycles. The number of carboxylic acid groups (broad SMARTS) is 1. The zero-order valence-corrected chi connectivity index (χ0v) is 11.5. The maximum absolute atomic E-state index is 11.8. The van der Waals surface area contributed by atoms with Crippen LogP contribution in [0.2, 0.25) is 0 Å². The van der Waals surface area contributed by atoms with Gasteiger partial charge >= 0.3 is 5.97 Å². The Morgan fingerprint density at radius 2 is 2.25 bits per heavy atom. The molecule has 2 aromatic rings. The number of hydrogen-bond acceptors (Lipinski definition) is 4. The molecular weight excluding hydrogens is 276 g/mol. The molecule has 0 spiro atoms. The first-order chi connectivity index (χ1) is 9.58. The highest BCUT2D eigenvalue weighted by Crippen LogP contribution is 2.27. The molecule has 6 heteroatoms.